The molecule has 0 fully saturated rings. The Kier molecular flexibility index (Phi) is 7.51. The van der Waals surface area contributed by atoms with Crippen LogP contribution in [0, 0.1) is 5.92 Å². The molecular weight excluding hydrogens is 150 g/mol. The van der Waals surface area contributed by atoms with Gasteiger partial charge in [0.05, 0.1) is 0 Å². The van der Waals surface area contributed by atoms with E-state index in [-0.39, 0.29) is 0 Å². The van der Waals surface area contributed by atoms with E-state index in [0.29, 0.717) is 12.0 Å². The summed E-state index contributed by atoms with van der Waals surface area (Å²) in [5, 5.41) is 3.34. The molecule has 0 radical (unpaired) electrons. The third-order valence-corrected chi connectivity index (χ3v) is 2.18. The smallest absolute Gasteiger partial charge is 0.0488 e. The Hall–Kier alpha value is -0.0800. The Balaban J connectivity index is 3.53. The molecule has 0 saturated heterocycles. The molecule has 2 unspecified atom stereocenters. The predicted molar refractivity (Wildman–Crippen MR) is 53.4 cm³/mol. The zero-order valence-corrected chi connectivity index (χ0v) is 8.89. The molecule has 0 aliphatic heterocycles. The fraction of sp³-hybridized carbons (Fsp3) is 1.00. The van der Waals surface area contributed by atoms with Gasteiger partial charge < -0.3 is 10.1 Å². The van der Waals surface area contributed by atoms with Crippen LogP contribution in [0.25, 0.3) is 0 Å². The fourth-order valence-corrected chi connectivity index (χ4v) is 1.57. The molecule has 0 aliphatic carbocycles. The van der Waals surface area contributed by atoms with E-state index in [1.807, 2.05) is 7.05 Å². The molecule has 0 spiro atoms. The van der Waals surface area contributed by atoms with Gasteiger partial charge in [0.1, 0.15) is 0 Å². The molecule has 74 valence electrons. The second kappa shape index (κ2) is 7.56. The summed E-state index contributed by atoms with van der Waals surface area (Å²) in [5.41, 5.74) is 0. The molecule has 0 amide bonds. The fourth-order valence-electron chi connectivity index (χ4n) is 1.57. The van der Waals surface area contributed by atoms with Gasteiger partial charge in [-0.1, -0.05) is 20.3 Å². The summed E-state index contributed by atoms with van der Waals surface area (Å²) in [6.07, 6.45) is 3.74. The van der Waals surface area contributed by atoms with Gasteiger partial charge in [-0.15, -0.1) is 0 Å². The summed E-state index contributed by atoms with van der Waals surface area (Å²) >= 11 is 0. The lowest BCUT2D eigenvalue weighted by atomic mass is 9.99. The van der Waals surface area contributed by atoms with Crippen molar-refractivity contribution in [3.8, 4) is 0 Å². The van der Waals surface area contributed by atoms with Crippen LogP contribution < -0.4 is 5.32 Å². The molecule has 2 atom stereocenters. The van der Waals surface area contributed by atoms with Crippen molar-refractivity contribution >= 4 is 0 Å². The van der Waals surface area contributed by atoms with E-state index >= 15 is 0 Å². The highest BCUT2D eigenvalue weighted by Crippen LogP contribution is 2.10. The molecule has 0 aromatic carbocycles. The molecule has 0 rings (SSSR count). The highest BCUT2D eigenvalue weighted by molar-refractivity contribution is 4.67. The first-order valence-electron chi connectivity index (χ1n) is 4.90. The molecule has 0 aromatic rings. The molecule has 2 nitrogen and oxygen atoms in total. The van der Waals surface area contributed by atoms with Gasteiger partial charge in [0.2, 0.25) is 0 Å². The monoisotopic (exact) mass is 173 g/mol. The van der Waals surface area contributed by atoms with Crippen LogP contribution in [0.4, 0.5) is 0 Å². The third kappa shape index (κ3) is 5.56. The van der Waals surface area contributed by atoms with Crippen molar-refractivity contribution in [3.63, 3.8) is 0 Å². The van der Waals surface area contributed by atoms with Crippen molar-refractivity contribution in [3.05, 3.63) is 0 Å². The standard InChI is InChI=1S/C10H23NO/c1-5-6-10(11-3)7-9(2)8-12-4/h9-11H,5-8H2,1-4H3. The average Bonchev–Trinajstić information content (AvgIpc) is 2.04. The van der Waals surface area contributed by atoms with E-state index in [1.165, 1.54) is 19.3 Å². The molecule has 0 saturated carbocycles. The minimum atomic E-state index is 0.666. The zero-order chi connectivity index (χ0) is 9.40. The van der Waals surface area contributed by atoms with Crippen LogP contribution in [-0.4, -0.2) is 26.8 Å². The number of hydrogen-bond acceptors (Lipinski definition) is 2. The third-order valence-electron chi connectivity index (χ3n) is 2.18. The van der Waals surface area contributed by atoms with Crippen molar-refractivity contribution in [2.24, 2.45) is 5.92 Å². The minimum absolute atomic E-state index is 0.666. The SMILES string of the molecule is CCCC(CC(C)COC)NC. The van der Waals surface area contributed by atoms with E-state index in [2.05, 4.69) is 19.2 Å². The van der Waals surface area contributed by atoms with Crippen LogP contribution in [0.15, 0.2) is 0 Å². The maximum absolute atomic E-state index is 5.10. The quantitative estimate of drug-likeness (QED) is 0.636. The van der Waals surface area contributed by atoms with Crippen molar-refractivity contribution < 1.29 is 4.74 Å². The summed E-state index contributed by atoms with van der Waals surface area (Å²) in [6, 6.07) is 0.667. The molecule has 2 heteroatoms. The first kappa shape index (κ1) is 11.9. The molecule has 1 N–H and O–H groups in total. The van der Waals surface area contributed by atoms with E-state index < -0.39 is 0 Å². The normalized spacial score (nSPS) is 16.0. The molecule has 0 aliphatic rings. The second-order valence-electron chi connectivity index (χ2n) is 3.57. The Morgan fingerprint density at radius 3 is 2.50 bits per heavy atom. The van der Waals surface area contributed by atoms with Crippen LogP contribution in [0.5, 0.6) is 0 Å². The van der Waals surface area contributed by atoms with Crippen molar-refractivity contribution in [2.75, 3.05) is 20.8 Å². The van der Waals surface area contributed by atoms with Gasteiger partial charge in [-0.25, -0.2) is 0 Å². The first-order valence-corrected chi connectivity index (χ1v) is 4.90. The van der Waals surface area contributed by atoms with Crippen LogP contribution >= 0.6 is 0 Å². The molecule has 0 bridgehead atoms. The molecule has 12 heavy (non-hydrogen) atoms. The number of hydrogen-bond donors (Lipinski definition) is 1. The Morgan fingerprint density at radius 2 is 2.08 bits per heavy atom. The maximum atomic E-state index is 5.10. The lowest BCUT2D eigenvalue weighted by Gasteiger charge is -2.19. The number of methoxy groups -OCH3 is 1. The first-order chi connectivity index (χ1) is 5.74. The zero-order valence-electron chi connectivity index (χ0n) is 8.89. The summed E-state index contributed by atoms with van der Waals surface area (Å²) in [4.78, 5) is 0. The van der Waals surface area contributed by atoms with Crippen LogP contribution in [0.2, 0.25) is 0 Å². The lowest BCUT2D eigenvalue weighted by molar-refractivity contribution is 0.149. The highest BCUT2D eigenvalue weighted by Gasteiger charge is 2.09. The van der Waals surface area contributed by atoms with Gasteiger partial charge in [-0.05, 0) is 25.8 Å². The predicted octanol–water partition coefficient (Wildman–Crippen LogP) is 2.05. The van der Waals surface area contributed by atoms with E-state index in [4.69, 9.17) is 4.74 Å². The van der Waals surface area contributed by atoms with Gasteiger partial charge in [0.25, 0.3) is 0 Å². The van der Waals surface area contributed by atoms with E-state index in [1.54, 1.807) is 7.11 Å². The van der Waals surface area contributed by atoms with Crippen LogP contribution in [0.3, 0.4) is 0 Å². The van der Waals surface area contributed by atoms with Crippen molar-refractivity contribution in [1.82, 2.24) is 5.32 Å². The summed E-state index contributed by atoms with van der Waals surface area (Å²) in [5.74, 6) is 0.666. The summed E-state index contributed by atoms with van der Waals surface area (Å²) in [7, 11) is 3.81. The number of rotatable bonds is 7. The lowest BCUT2D eigenvalue weighted by Crippen LogP contribution is -2.28. The van der Waals surface area contributed by atoms with Gasteiger partial charge in [-0.3, -0.25) is 0 Å². The van der Waals surface area contributed by atoms with Crippen LogP contribution in [0.1, 0.15) is 33.1 Å². The van der Waals surface area contributed by atoms with Crippen LogP contribution in [-0.2, 0) is 4.74 Å². The van der Waals surface area contributed by atoms with Gasteiger partial charge in [0.15, 0.2) is 0 Å². The van der Waals surface area contributed by atoms with E-state index in [0.717, 1.165) is 6.61 Å². The molecule has 0 aromatic heterocycles. The second-order valence-corrected chi connectivity index (χ2v) is 3.57. The van der Waals surface area contributed by atoms with Crippen molar-refractivity contribution in [1.29, 1.82) is 0 Å². The highest BCUT2D eigenvalue weighted by atomic mass is 16.5. The maximum Gasteiger partial charge on any atom is 0.0488 e. The Morgan fingerprint density at radius 1 is 1.42 bits per heavy atom. The molecule has 0 heterocycles. The van der Waals surface area contributed by atoms with Gasteiger partial charge in [0, 0.05) is 19.8 Å². The summed E-state index contributed by atoms with van der Waals surface area (Å²) in [6.45, 7) is 5.34. The largest absolute Gasteiger partial charge is 0.384 e. The minimum Gasteiger partial charge on any atom is -0.384 e. The van der Waals surface area contributed by atoms with E-state index in [9.17, 15) is 0 Å². The molecular formula is C10H23NO. The summed E-state index contributed by atoms with van der Waals surface area (Å²) < 4.78 is 5.10. The van der Waals surface area contributed by atoms with Gasteiger partial charge >= 0.3 is 0 Å². The Bertz CT molecular complexity index is 95.8. The average molecular weight is 173 g/mol. The van der Waals surface area contributed by atoms with Crippen molar-refractivity contribution in [2.45, 2.75) is 39.2 Å². The number of ether oxygens (including phenoxy) is 1. The topological polar surface area (TPSA) is 21.3 Å². The Labute approximate surface area is 76.7 Å². The van der Waals surface area contributed by atoms with Gasteiger partial charge in [-0.2, -0.15) is 0 Å². The number of nitrogens with one attached hydrogen (secondary N) is 1.